The first-order chi connectivity index (χ1) is 10.1. The summed E-state index contributed by atoms with van der Waals surface area (Å²) in [7, 11) is 4.66. The first kappa shape index (κ1) is 15.0. The normalized spacial score (nSPS) is 14.3. The van der Waals surface area contributed by atoms with Crippen molar-refractivity contribution >= 4 is 17.6 Å². The maximum atomic E-state index is 12.4. The van der Waals surface area contributed by atoms with Gasteiger partial charge in [0.15, 0.2) is 0 Å². The predicted molar refractivity (Wildman–Crippen MR) is 77.9 cm³/mol. The summed E-state index contributed by atoms with van der Waals surface area (Å²) < 4.78 is 10.5. The SMILES string of the molecule is CNC(=O)CN1CCN(c2cc(OC)ccc2OC)C1=O. The third-order valence-electron chi connectivity index (χ3n) is 3.39. The van der Waals surface area contributed by atoms with Crippen LogP contribution in [-0.2, 0) is 4.79 Å². The van der Waals surface area contributed by atoms with Crippen molar-refractivity contribution in [3.05, 3.63) is 18.2 Å². The van der Waals surface area contributed by atoms with E-state index in [4.69, 9.17) is 9.47 Å². The van der Waals surface area contributed by atoms with Crippen molar-refractivity contribution in [2.45, 2.75) is 0 Å². The second kappa shape index (κ2) is 6.34. The molecular weight excluding hydrogens is 274 g/mol. The maximum absolute atomic E-state index is 12.4. The summed E-state index contributed by atoms with van der Waals surface area (Å²) in [4.78, 5) is 26.9. The van der Waals surface area contributed by atoms with Crippen LogP contribution in [-0.4, -0.2) is 57.7 Å². The van der Waals surface area contributed by atoms with E-state index in [0.29, 0.717) is 30.3 Å². The number of amides is 3. The summed E-state index contributed by atoms with van der Waals surface area (Å²) in [6, 6.07) is 5.05. The van der Waals surface area contributed by atoms with Crippen molar-refractivity contribution in [3.63, 3.8) is 0 Å². The zero-order valence-electron chi connectivity index (χ0n) is 12.4. The van der Waals surface area contributed by atoms with Crippen molar-refractivity contribution in [3.8, 4) is 11.5 Å². The number of benzene rings is 1. The molecular formula is C14H19N3O4. The average molecular weight is 293 g/mol. The highest BCUT2D eigenvalue weighted by molar-refractivity contribution is 5.97. The predicted octanol–water partition coefficient (Wildman–Crippen LogP) is 0.692. The molecule has 0 atom stereocenters. The number of urea groups is 1. The van der Waals surface area contributed by atoms with Crippen molar-refractivity contribution in [2.75, 3.05) is 45.8 Å². The van der Waals surface area contributed by atoms with Gasteiger partial charge in [-0.05, 0) is 12.1 Å². The van der Waals surface area contributed by atoms with E-state index in [1.165, 1.54) is 4.90 Å². The topological polar surface area (TPSA) is 71.1 Å². The van der Waals surface area contributed by atoms with Crippen molar-refractivity contribution in [1.29, 1.82) is 0 Å². The molecule has 1 aromatic rings. The molecule has 21 heavy (non-hydrogen) atoms. The molecule has 114 valence electrons. The minimum Gasteiger partial charge on any atom is -0.497 e. The number of hydrogen-bond donors (Lipinski definition) is 1. The Morgan fingerprint density at radius 3 is 2.67 bits per heavy atom. The van der Waals surface area contributed by atoms with Crippen molar-refractivity contribution in [1.82, 2.24) is 10.2 Å². The fraction of sp³-hybridized carbons (Fsp3) is 0.429. The number of rotatable bonds is 5. The van der Waals surface area contributed by atoms with Gasteiger partial charge in [-0.15, -0.1) is 0 Å². The molecule has 0 spiro atoms. The molecule has 0 radical (unpaired) electrons. The molecule has 0 saturated carbocycles. The Hall–Kier alpha value is -2.44. The zero-order valence-corrected chi connectivity index (χ0v) is 12.4. The quantitative estimate of drug-likeness (QED) is 0.867. The number of likely N-dealkylation sites (N-methyl/N-ethyl adjacent to an activating group) is 1. The molecule has 0 aromatic heterocycles. The van der Waals surface area contributed by atoms with Crippen LogP contribution in [0.2, 0.25) is 0 Å². The van der Waals surface area contributed by atoms with Crippen LogP contribution in [0.1, 0.15) is 0 Å². The minimum atomic E-state index is -0.217. The van der Waals surface area contributed by atoms with E-state index in [0.717, 1.165) is 0 Å². The van der Waals surface area contributed by atoms with Gasteiger partial charge in [-0.3, -0.25) is 9.69 Å². The van der Waals surface area contributed by atoms with Gasteiger partial charge in [0.05, 0.1) is 19.9 Å². The maximum Gasteiger partial charge on any atom is 0.325 e. The molecule has 3 amide bonds. The smallest absolute Gasteiger partial charge is 0.325 e. The number of carbonyl (C=O) groups excluding carboxylic acids is 2. The van der Waals surface area contributed by atoms with Gasteiger partial charge in [-0.1, -0.05) is 0 Å². The molecule has 1 heterocycles. The highest BCUT2D eigenvalue weighted by Crippen LogP contribution is 2.34. The number of hydrogen-bond acceptors (Lipinski definition) is 4. The Bertz CT molecular complexity index is 547. The highest BCUT2D eigenvalue weighted by atomic mass is 16.5. The number of anilines is 1. The Labute approximate surface area is 123 Å². The highest BCUT2D eigenvalue weighted by Gasteiger charge is 2.32. The van der Waals surface area contributed by atoms with Gasteiger partial charge in [0, 0.05) is 26.2 Å². The fourth-order valence-corrected chi connectivity index (χ4v) is 2.21. The molecule has 2 rings (SSSR count). The van der Waals surface area contributed by atoms with E-state index >= 15 is 0 Å². The van der Waals surface area contributed by atoms with Crippen molar-refractivity contribution in [2.24, 2.45) is 0 Å². The summed E-state index contributed by atoms with van der Waals surface area (Å²) in [5.74, 6) is 1.04. The lowest BCUT2D eigenvalue weighted by Gasteiger charge is -2.20. The average Bonchev–Trinajstić information content (AvgIpc) is 2.87. The van der Waals surface area contributed by atoms with Crippen LogP contribution in [0.4, 0.5) is 10.5 Å². The molecule has 0 aliphatic carbocycles. The van der Waals surface area contributed by atoms with E-state index in [-0.39, 0.29) is 18.5 Å². The van der Waals surface area contributed by atoms with Crippen LogP contribution < -0.4 is 19.7 Å². The van der Waals surface area contributed by atoms with E-state index in [1.54, 1.807) is 44.4 Å². The van der Waals surface area contributed by atoms with Crippen LogP contribution in [0.5, 0.6) is 11.5 Å². The Kier molecular flexibility index (Phi) is 4.52. The van der Waals surface area contributed by atoms with Crippen LogP contribution in [0, 0.1) is 0 Å². The monoisotopic (exact) mass is 293 g/mol. The Morgan fingerprint density at radius 1 is 1.29 bits per heavy atom. The second-order valence-corrected chi connectivity index (χ2v) is 4.57. The summed E-state index contributed by atoms with van der Waals surface area (Å²) in [5, 5.41) is 2.51. The lowest BCUT2D eigenvalue weighted by atomic mass is 10.2. The lowest BCUT2D eigenvalue weighted by molar-refractivity contribution is -0.121. The number of ether oxygens (including phenoxy) is 2. The Balaban J connectivity index is 2.23. The minimum absolute atomic E-state index is 0.0537. The standard InChI is InChI=1S/C14H19N3O4/c1-15-13(18)9-16-6-7-17(14(16)19)11-8-10(20-2)4-5-12(11)21-3/h4-5,8H,6-7,9H2,1-3H3,(H,15,18). The van der Waals surface area contributed by atoms with Crippen molar-refractivity contribution < 1.29 is 19.1 Å². The van der Waals surface area contributed by atoms with Gasteiger partial charge in [0.2, 0.25) is 5.91 Å². The Morgan fingerprint density at radius 2 is 2.05 bits per heavy atom. The van der Waals surface area contributed by atoms with Gasteiger partial charge >= 0.3 is 6.03 Å². The van der Waals surface area contributed by atoms with Gasteiger partial charge in [0.1, 0.15) is 18.0 Å². The number of methoxy groups -OCH3 is 2. The third-order valence-corrected chi connectivity index (χ3v) is 3.39. The van der Waals surface area contributed by atoms with Gasteiger partial charge in [-0.25, -0.2) is 4.79 Å². The summed E-state index contributed by atoms with van der Waals surface area (Å²) in [5.41, 5.74) is 0.640. The van der Waals surface area contributed by atoms with E-state index in [9.17, 15) is 9.59 Å². The van der Waals surface area contributed by atoms with Gasteiger partial charge in [-0.2, -0.15) is 0 Å². The molecule has 1 aliphatic rings. The summed E-state index contributed by atoms with van der Waals surface area (Å²) in [6.07, 6.45) is 0. The van der Waals surface area contributed by atoms with Crippen LogP contribution in [0.25, 0.3) is 0 Å². The number of carbonyl (C=O) groups is 2. The molecule has 1 N–H and O–H groups in total. The molecule has 1 saturated heterocycles. The fourth-order valence-electron chi connectivity index (χ4n) is 2.21. The first-order valence-corrected chi connectivity index (χ1v) is 6.59. The number of nitrogens with one attached hydrogen (secondary N) is 1. The van der Waals surface area contributed by atoms with Crippen LogP contribution >= 0.6 is 0 Å². The van der Waals surface area contributed by atoms with E-state index in [1.807, 2.05) is 0 Å². The van der Waals surface area contributed by atoms with Crippen LogP contribution in [0.3, 0.4) is 0 Å². The summed E-state index contributed by atoms with van der Waals surface area (Å²) >= 11 is 0. The molecule has 1 fully saturated rings. The molecule has 7 nitrogen and oxygen atoms in total. The third kappa shape index (κ3) is 3.01. The van der Waals surface area contributed by atoms with E-state index < -0.39 is 0 Å². The molecule has 1 aliphatic heterocycles. The number of nitrogens with zero attached hydrogens (tertiary/aromatic N) is 2. The molecule has 1 aromatic carbocycles. The molecule has 7 heteroatoms. The lowest BCUT2D eigenvalue weighted by Crippen LogP contribution is -2.38. The summed E-state index contributed by atoms with van der Waals surface area (Å²) in [6.45, 7) is 1.05. The largest absolute Gasteiger partial charge is 0.497 e. The van der Waals surface area contributed by atoms with Crippen LogP contribution in [0.15, 0.2) is 18.2 Å². The zero-order chi connectivity index (χ0) is 15.4. The second-order valence-electron chi connectivity index (χ2n) is 4.57. The van der Waals surface area contributed by atoms with E-state index in [2.05, 4.69) is 5.32 Å². The first-order valence-electron chi connectivity index (χ1n) is 6.59. The van der Waals surface area contributed by atoms with Gasteiger partial charge < -0.3 is 19.7 Å². The molecule has 0 unspecified atom stereocenters. The molecule has 0 bridgehead atoms. The van der Waals surface area contributed by atoms with Gasteiger partial charge in [0.25, 0.3) is 0 Å².